The lowest BCUT2D eigenvalue weighted by Crippen LogP contribution is -2.41. The van der Waals surface area contributed by atoms with Gasteiger partial charge in [0.2, 0.25) is 5.91 Å². The van der Waals surface area contributed by atoms with Crippen LogP contribution < -0.4 is 10.6 Å². The molecule has 1 unspecified atom stereocenters. The molecule has 0 saturated carbocycles. The van der Waals surface area contributed by atoms with E-state index in [1.165, 1.54) is 11.1 Å². The Kier molecular flexibility index (Phi) is 9.70. The smallest absolute Gasteiger partial charge is 0.407 e. The van der Waals surface area contributed by atoms with E-state index in [1.807, 2.05) is 31.2 Å². The molecule has 0 bridgehead atoms. The molecule has 0 saturated heterocycles. The van der Waals surface area contributed by atoms with E-state index in [1.54, 1.807) is 0 Å². The Labute approximate surface area is 207 Å². The van der Waals surface area contributed by atoms with Gasteiger partial charge in [0.15, 0.2) is 0 Å². The predicted molar refractivity (Wildman–Crippen MR) is 135 cm³/mol. The first kappa shape index (κ1) is 26.3. The lowest BCUT2D eigenvalue weighted by molar-refractivity contribution is -0.137. The van der Waals surface area contributed by atoms with Crippen LogP contribution in [-0.4, -0.2) is 41.8 Å². The lowest BCUT2D eigenvalue weighted by atomic mass is 9.98. The summed E-state index contributed by atoms with van der Waals surface area (Å²) in [5, 5.41) is 14.6. The lowest BCUT2D eigenvalue weighted by Gasteiger charge is -2.21. The molecule has 2 amide bonds. The van der Waals surface area contributed by atoms with E-state index >= 15 is 0 Å². The number of ether oxygens (including phenoxy) is 1. The number of carbonyl (C=O) groups is 3. The third kappa shape index (κ3) is 7.57. The Morgan fingerprint density at radius 3 is 2.17 bits per heavy atom. The monoisotopic (exact) mass is 480 g/mol. The molecule has 188 valence electrons. The van der Waals surface area contributed by atoms with Gasteiger partial charge in [-0.15, -0.1) is 0 Å². The number of rotatable bonds is 13. The van der Waals surface area contributed by atoms with Gasteiger partial charge in [-0.1, -0.05) is 68.3 Å². The first-order valence-electron chi connectivity index (χ1n) is 12.5. The van der Waals surface area contributed by atoms with E-state index in [2.05, 4.69) is 41.8 Å². The Morgan fingerprint density at radius 1 is 0.943 bits per heavy atom. The van der Waals surface area contributed by atoms with Crippen molar-refractivity contribution in [1.82, 2.24) is 10.6 Å². The van der Waals surface area contributed by atoms with E-state index in [-0.39, 0.29) is 43.4 Å². The van der Waals surface area contributed by atoms with Crippen LogP contribution in [0.2, 0.25) is 0 Å². The van der Waals surface area contributed by atoms with Gasteiger partial charge in [-0.25, -0.2) is 4.79 Å². The largest absolute Gasteiger partial charge is 0.481 e. The summed E-state index contributed by atoms with van der Waals surface area (Å²) < 4.78 is 5.65. The number of hydrogen-bond donors (Lipinski definition) is 3. The van der Waals surface area contributed by atoms with Crippen LogP contribution in [0.4, 0.5) is 4.79 Å². The number of nitrogens with one attached hydrogen (secondary N) is 2. The van der Waals surface area contributed by atoms with E-state index in [0.29, 0.717) is 19.3 Å². The second-order valence-electron chi connectivity index (χ2n) is 9.27. The molecule has 2 aromatic carbocycles. The molecule has 0 heterocycles. The number of carboxylic acids is 1. The molecule has 0 spiro atoms. The number of carboxylic acid groups (broad SMARTS) is 1. The van der Waals surface area contributed by atoms with Crippen molar-refractivity contribution >= 4 is 18.0 Å². The van der Waals surface area contributed by atoms with Gasteiger partial charge in [0, 0.05) is 30.8 Å². The summed E-state index contributed by atoms with van der Waals surface area (Å²) in [6.45, 7) is 4.15. The molecule has 0 fully saturated rings. The summed E-state index contributed by atoms with van der Waals surface area (Å²) in [7, 11) is 0. The van der Waals surface area contributed by atoms with Crippen LogP contribution in [0.1, 0.15) is 75.8 Å². The van der Waals surface area contributed by atoms with Gasteiger partial charge >= 0.3 is 12.1 Å². The standard InChI is InChI=1S/C28H36N2O5/c1-3-4-11-20(17-26(31)29-19(2)10-9-16-27(32)33)30-28(34)35-18-25-23-14-7-5-12-21(23)22-13-6-8-15-24(22)25/h5-8,12-15,19-20,25H,3-4,9-11,16-18H2,1-2H3,(H,29,31)(H,30,34)(H,32,33)/t19?,20-/m1/s1. The number of alkyl carbamates (subject to hydrolysis) is 1. The molecule has 7 heteroatoms. The van der Waals surface area contributed by atoms with Crippen LogP contribution in [0, 0.1) is 0 Å². The maximum Gasteiger partial charge on any atom is 0.407 e. The molecule has 2 atom stereocenters. The van der Waals surface area contributed by atoms with Crippen LogP contribution in [0.3, 0.4) is 0 Å². The van der Waals surface area contributed by atoms with Crippen LogP contribution in [-0.2, 0) is 14.3 Å². The summed E-state index contributed by atoms with van der Waals surface area (Å²) in [4.78, 5) is 35.9. The van der Waals surface area contributed by atoms with Crippen molar-refractivity contribution in [3.63, 3.8) is 0 Å². The van der Waals surface area contributed by atoms with Gasteiger partial charge in [0.25, 0.3) is 0 Å². The van der Waals surface area contributed by atoms with Crippen LogP contribution in [0.5, 0.6) is 0 Å². The minimum Gasteiger partial charge on any atom is -0.481 e. The summed E-state index contributed by atoms with van der Waals surface area (Å²) in [6, 6.07) is 15.9. The quantitative estimate of drug-likeness (QED) is 0.364. The highest BCUT2D eigenvalue weighted by molar-refractivity contribution is 5.79. The number of fused-ring (bicyclic) bond motifs is 3. The van der Waals surface area contributed by atoms with E-state index in [0.717, 1.165) is 24.0 Å². The van der Waals surface area contributed by atoms with Crippen molar-refractivity contribution in [2.45, 2.75) is 76.8 Å². The molecule has 3 rings (SSSR count). The van der Waals surface area contributed by atoms with Crippen molar-refractivity contribution < 1.29 is 24.2 Å². The Balaban J connectivity index is 1.53. The van der Waals surface area contributed by atoms with Gasteiger partial charge in [-0.3, -0.25) is 9.59 Å². The second kappa shape index (κ2) is 12.9. The fourth-order valence-electron chi connectivity index (χ4n) is 4.67. The molecular formula is C28H36N2O5. The molecule has 0 radical (unpaired) electrons. The van der Waals surface area contributed by atoms with E-state index < -0.39 is 12.1 Å². The molecule has 35 heavy (non-hydrogen) atoms. The molecular weight excluding hydrogens is 444 g/mol. The zero-order valence-electron chi connectivity index (χ0n) is 20.6. The van der Waals surface area contributed by atoms with Crippen molar-refractivity contribution in [2.24, 2.45) is 0 Å². The van der Waals surface area contributed by atoms with Crippen molar-refractivity contribution in [3.05, 3.63) is 59.7 Å². The minimum atomic E-state index is -0.838. The third-order valence-corrected chi connectivity index (χ3v) is 6.44. The molecule has 7 nitrogen and oxygen atoms in total. The minimum absolute atomic E-state index is 0.0165. The summed E-state index contributed by atoms with van der Waals surface area (Å²) in [6.07, 6.45) is 3.35. The molecule has 2 aromatic rings. The fraction of sp³-hybridized carbons (Fsp3) is 0.464. The fourth-order valence-corrected chi connectivity index (χ4v) is 4.67. The first-order chi connectivity index (χ1) is 16.9. The number of aliphatic carboxylic acids is 1. The predicted octanol–water partition coefficient (Wildman–Crippen LogP) is 5.23. The van der Waals surface area contributed by atoms with Crippen molar-refractivity contribution in [1.29, 1.82) is 0 Å². The average Bonchev–Trinajstić information content (AvgIpc) is 3.14. The summed E-state index contributed by atoms with van der Waals surface area (Å²) in [5.41, 5.74) is 4.65. The highest BCUT2D eigenvalue weighted by Gasteiger charge is 2.29. The van der Waals surface area contributed by atoms with Gasteiger partial charge in [-0.2, -0.15) is 0 Å². The SMILES string of the molecule is CCCC[C@H](CC(=O)NC(C)CCCC(=O)O)NC(=O)OCC1c2ccccc2-c2ccccc21. The summed E-state index contributed by atoms with van der Waals surface area (Å²) in [5.74, 6) is -1.01. The molecule has 0 aromatic heterocycles. The number of carbonyl (C=O) groups excluding carboxylic acids is 2. The molecule has 1 aliphatic carbocycles. The van der Waals surface area contributed by atoms with Crippen LogP contribution >= 0.6 is 0 Å². The molecule has 1 aliphatic rings. The highest BCUT2D eigenvalue weighted by Crippen LogP contribution is 2.44. The maximum absolute atomic E-state index is 12.7. The van der Waals surface area contributed by atoms with Gasteiger partial charge in [0.1, 0.15) is 6.61 Å². The zero-order valence-corrected chi connectivity index (χ0v) is 20.6. The Hall–Kier alpha value is -3.35. The van der Waals surface area contributed by atoms with Gasteiger partial charge < -0.3 is 20.5 Å². The Morgan fingerprint density at radius 2 is 1.57 bits per heavy atom. The number of hydrogen-bond acceptors (Lipinski definition) is 4. The first-order valence-corrected chi connectivity index (χ1v) is 12.5. The Bertz CT molecular complexity index is 976. The highest BCUT2D eigenvalue weighted by atomic mass is 16.5. The maximum atomic E-state index is 12.7. The van der Waals surface area contributed by atoms with E-state index in [4.69, 9.17) is 9.84 Å². The van der Waals surface area contributed by atoms with Gasteiger partial charge in [-0.05, 0) is 48.4 Å². The second-order valence-corrected chi connectivity index (χ2v) is 9.27. The van der Waals surface area contributed by atoms with Crippen molar-refractivity contribution in [2.75, 3.05) is 6.61 Å². The molecule has 0 aliphatic heterocycles. The topological polar surface area (TPSA) is 105 Å². The number of benzene rings is 2. The summed E-state index contributed by atoms with van der Waals surface area (Å²) >= 11 is 0. The third-order valence-electron chi connectivity index (χ3n) is 6.44. The van der Waals surface area contributed by atoms with Crippen LogP contribution in [0.25, 0.3) is 11.1 Å². The van der Waals surface area contributed by atoms with E-state index in [9.17, 15) is 14.4 Å². The number of amides is 2. The van der Waals surface area contributed by atoms with Crippen molar-refractivity contribution in [3.8, 4) is 11.1 Å². The molecule has 3 N–H and O–H groups in total. The average molecular weight is 481 g/mol. The normalized spacial score (nSPS) is 13.9. The number of unbranched alkanes of at least 4 members (excludes halogenated alkanes) is 1. The van der Waals surface area contributed by atoms with Crippen LogP contribution in [0.15, 0.2) is 48.5 Å². The zero-order chi connectivity index (χ0) is 25.2. The van der Waals surface area contributed by atoms with Gasteiger partial charge in [0.05, 0.1) is 0 Å².